The Morgan fingerprint density at radius 1 is 0.919 bits per heavy atom. The van der Waals surface area contributed by atoms with Crippen LogP contribution in [0.15, 0.2) is 71.6 Å². The fourth-order valence-electron chi connectivity index (χ4n) is 3.69. The fraction of sp³-hybridized carbons (Fsp3) is 0.250. The molecule has 0 radical (unpaired) electrons. The van der Waals surface area contributed by atoms with E-state index in [2.05, 4.69) is 15.6 Å². The van der Waals surface area contributed by atoms with Crippen molar-refractivity contribution in [2.75, 3.05) is 31.0 Å². The minimum Gasteiger partial charge on any atom is -0.493 e. The highest BCUT2D eigenvalue weighted by Gasteiger charge is 2.12. The lowest BCUT2D eigenvalue weighted by atomic mass is 10.0. The lowest BCUT2D eigenvalue weighted by Gasteiger charge is -2.12. The fourth-order valence-corrected chi connectivity index (χ4v) is 4.91. The summed E-state index contributed by atoms with van der Waals surface area (Å²) in [5, 5.41) is 10.1. The van der Waals surface area contributed by atoms with E-state index in [1.807, 2.05) is 59.3 Å². The number of hydrogen-bond acceptors (Lipinski definition) is 7. The van der Waals surface area contributed by atoms with Crippen LogP contribution in [0.1, 0.15) is 32.8 Å². The van der Waals surface area contributed by atoms with E-state index in [0.29, 0.717) is 36.1 Å². The Kier molecular flexibility index (Phi) is 9.81. The van der Waals surface area contributed by atoms with Crippen molar-refractivity contribution < 1.29 is 19.1 Å². The number of thiophene rings is 1. The van der Waals surface area contributed by atoms with Crippen LogP contribution < -0.4 is 15.4 Å². The van der Waals surface area contributed by atoms with Gasteiger partial charge in [0.05, 0.1) is 13.0 Å². The molecule has 0 saturated carbocycles. The summed E-state index contributed by atoms with van der Waals surface area (Å²) in [5.41, 5.74) is 3.44. The van der Waals surface area contributed by atoms with Crippen LogP contribution in [-0.4, -0.2) is 37.1 Å². The van der Waals surface area contributed by atoms with Crippen LogP contribution in [0.25, 0.3) is 0 Å². The van der Waals surface area contributed by atoms with Crippen LogP contribution in [0.3, 0.4) is 0 Å². The van der Waals surface area contributed by atoms with Crippen molar-refractivity contribution in [1.82, 2.24) is 4.98 Å². The number of anilines is 2. The van der Waals surface area contributed by atoms with E-state index < -0.39 is 0 Å². The van der Waals surface area contributed by atoms with Crippen molar-refractivity contribution in [3.63, 3.8) is 0 Å². The highest BCUT2D eigenvalue weighted by Crippen LogP contribution is 2.22. The first-order valence-corrected chi connectivity index (χ1v) is 13.7. The molecule has 0 aliphatic carbocycles. The molecule has 37 heavy (non-hydrogen) atoms. The number of nitrogens with zero attached hydrogens (tertiary/aromatic N) is 1. The first-order valence-electron chi connectivity index (χ1n) is 12.0. The lowest BCUT2D eigenvalue weighted by molar-refractivity contribution is -0.115. The van der Waals surface area contributed by atoms with Gasteiger partial charge in [0.15, 0.2) is 5.13 Å². The summed E-state index contributed by atoms with van der Waals surface area (Å²) < 4.78 is 11.0. The second-order valence-corrected chi connectivity index (χ2v) is 10.3. The second kappa shape index (κ2) is 13.7. The van der Waals surface area contributed by atoms with Gasteiger partial charge in [0.25, 0.3) is 5.91 Å². The number of methoxy groups -OCH3 is 1. The number of aromatic nitrogens is 1. The topological polar surface area (TPSA) is 89.5 Å². The maximum Gasteiger partial charge on any atom is 0.257 e. The summed E-state index contributed by atoms with van der Waals surface area (Å²) in [6.07, 6.45) is 4.31. The molecule has 0 unspecified atom stereocenters. The zero-order valence-corrected chi connectivity index (χ0v) is 22.2. The van der Waals surface area contributed by atoms with Crippen molar-refractivity contribution in [2.24, 2.45) is 0 Å². The third-order valence-electron chi connectivity index (χ3n) is 5.50. The molecule has 2 amide bonds. The molecule has 0 saturated heterocycles. The molecule has 4 aromatic rings. The predicted molar refractivity (Wildman–Crippen MR) is 149 cm³/mol. The van der Waals surface area contributed by atoms with Gasteiger partial charge >= 0.3 is 0 Å². The van der Waals surface area contributed by atoms with E-state index in [1.165, 1.54) is 11.3 Å². The largest absolute Gasteiger partial charge is 0.493 e. The molecular weight excluding hydrogens is 506 g/mol. The zero-order chi connectivity index (χ0) is 25.9. The molecule has 2 aromatic carbocycles. The van der Waals surface area contributed by atoms with Crippen LogP contribution >= 0.6 is 22.7 Å². The normalized spacial score (nSPS) is 10.7. The number of benzene rings is 2. The summed E-state index contributed by atoms with van der Waals surface area (Å²) in [4.78, 5) is 30.3. The summed E-state index contributed by atoms with van der Waals surface area (Å²) in [5.74, 6) is 0.406. The van der Waals surface area contributed by atoms with Crippen molar-refractivity contribution >= 4 is 45.3 Å². The van der Waals surface area contributed by atoms with Gasteiger partial charge in [-0.1, -0.05) is 18.2 Å². The molecule has 7 nitrogen and oxygen atoms in total. The summed E-state index contributed by atoms with van der Waals surface area (Å²) in [7, 11) is 1.66. The Bertz CT molecular complexity index is 1270. The number of carbonyl (C=O) groups excluding carboxylic acids is 2. The minimum atomic E-state index is -0.221. The Morgan fingerprint density at radius 2 is 1.76 bits per heavy atom. The number of hydrogen-bond donors (Lipinski definition) is 2. The Hall–Kier alpha value is -3.53. The number of aryl methyl sites for hydroxylation is 2. The number of carbonyl (C=O) groups is 2. The molecule has 0 spiro atoms. The molecule has 0 aliphatic heterocycles. The van der Waals surface area contributed by atoms with E-state index in [0.717, 1.165) is 41.0 Å². The maximum absolute atomic E-state index is 12.8. The zero-order valence-electron chi connectivity index (χ0n) is 20.6. The van der Waals surface area contributed by atoms with Gasteiger partial charge in [-0.3, -0.25) is 14.9 Å². The van der Waals surface area contributed by atoms with Gasteiger partial charge in [-0.05, 0) is 65.7 Å². The number of amides is 2. The van der Waals surface area contributed by atoms with E-state index in [4.69, 9.17) is 9.47 Å². The smallest absolute Gasteiger partial charge is 0.257 e. The Balaban J connectivity index is 1.38. The van der Waals surface area contributed by atoms with Crippen LogP contribution in [0, 0.1) is 0 Å². The quantitative estimate of drug-likeness (QED) is 0.210. The number of thiazole rings is 1. The number of nitrogens with one attached hydrogen (secondary N) is 2. The average Bonchev–Trinajstić information content (AvgIpc) is 3.61. The van der Waals surface area contributed by atoms with E-state index in [1.54, 1.807) is 30.7 Å². The SMILES string of the molecule is COCCCOc1cc(CCc2ccc(NC(=O)Cc3cccs3)cc2)cc(C(=O)Nc2nccs2)c1. The molecule has 192 valence electrons. The van der Waals surface area contributed by atoms with Gasteiger partial charge in [0.1, 0.15) is 5.75 Å². The molecular formula is C28H29N3O4S2. The molecule has 2 N–H and O–H groups in total. The number of ether oxygens (including phenoxy) is 2. The lowest BCUT2D eigenvalue weighted by Crippen LogP contribution is -2.13. The van der Waals surface area contributed by atoms with Crippen molar-refractivity contribution in [1.29, 1.82) is 0 Å². The van der Waals surface area contributed by atoms with Crippen LogP contribution in [0.2, 0.25) is 0 Å². The maximum atomic E-state index is 12.8. The predicted octanol–water partition coefficient (Wildman–Crippen LogP) is 5.84. The first-order chi connectivity index (χ1) is 18.1. The third-order valence-corrected chi connectivity index (χ3v) is 7.06. The van der Waals surface area contributed by atoms with Gasteiger partial charge in [-0.2, -0.15) is 0 Å². The van der Waals surface area contributed by atoms with Gasteiger partial charge in [-0.15, -0.1) is 22.7 Å². The molecule has 0 atom stereocenters. The molecule has 0 bridgehead atoms. The highest BCUT2D eigenvalue weighted by atomic mass is 32.1. The van der Waals surface area contributed by atoms with Crippen LogP contribution in [0.5, 0.6) is 5.75 Å². The average molecular weight is 536 g/mol. The standard InChI is InChI=1S/C28H29N3O4S2/c1-34-12-3-13-35-24-17-21(16-22(18-24)27(33)31-28-29-11-15-37-28)6-5-20-7-9-23(10-8-20)30-26(32)19-25-4-2-14-36-25/h2,4,7-11,14-18H,3,5-6,12-13,19H2,1H3,(H,30,32)(H,29,31,33). The monoisotopic (exact) mass is 535 g/mol. The van der Waals surface area contributed by atoms with Gasteiger partial charge in [-0.25, -0.2) is 4.98 Å². The molecule has 4 rings (SSSR count). The third kappa shape index (κ3) is 8.52. The highest BCUT2D eigenvalue weighted by molar-refractivity contribution is 7.13. The molecule has 2 aromatic heterocycles. The van der Waals surface area contributed by atoms with E-state index in [9.17, 15) is 9.59 Å². The van der Waals surface area contributed by atoms with Gasteiger partial charge in [0.2, 0.25) is 5.91 Å². The summed E-state index contributed by atoms with van der Waals surface area (Å²) >= 11 is 2.95. The molecule has 9 heteroatoms. The molecule has 2 heterocycles. The summed E-state index contributed by atoms with van der Waals surface area (Å²) in [6, 6.07) is 17.4. The summed E-state index contributed by atoms with van der Waals surface area (Å²) in [6.45, 7) is 1.12. The molecule has 0 aliphatic rings. The Morgan fingerprint density at radius 3 is 2.49 bits per heavy atom. The molecule has 0 fully saturated rings. The second-order valence-electron chi connectivity index (χ2n) is 8.35. The van der Waals surface area contributed by atoms with E-state index >= 15 is 0 Å². The van der Waals surface area contributed by atoms with Crippen molar-refractivity contribution in [3.8, 4) is 5.75 Å². The van der Waals surface area contributed by atoms with Crippen LogP contribution in [-0.2, 0) is 28.8 Å². The first kappa shape index (κ1) is 26.5. The van der Waals surface area contributed by atoms with Crippen LogP contribution in [0.4, 0.5) is 10.8 Å². The number of rotatable bonds is 13. The van der Waals surface area contributed by atoms with Gasteiger partial charge in [0, 0.05) is 47.8 Å². The van der Waals surface area contributed by atoms with Crippen molar-refractivity contribution in [3.05, 3.63) is 93.1 Å². The van der Waals surface area contributed by atoms with Gasteiger partial charge < -0.3 is 14.8 Å². The van der Waals surface area contributed by atoms with Crippen molar-refractivity contribution in [2.45, 2.75) is 25.7 Å². The van der Waals surface area contributed by atoms with E-state index in [-0.39, 0.29) is 11.8 Å². The minimum absolute atomic E-state index is 0.0268. The Labute approximate surface area is 224 Å².